The number of furan rings is 1. The second-order valence-corrected chi connectivity index (χ2v) is 11.6. The molecule has 2 aliphatic heterocycles. The molecule has 19 heteroatoms. The molecule has 234 valence electrons. The Labute approximate surface area is 245 Å². The Morgan fingerprint density at radius 1 is 1.36 bits per heavy atom. The average Bonchev–Trinajstić information content (AvgIpc) is 3.55. The number of nitrogens with zero attached hydrogens (tertiary/aromatic N) is 3. The molecular formula is C23H33ClN5O12P. The van der Waals surface area contributed by atoms with E-state index in [1.807, 2.05) is 0 Å². The van der Waals surface area contributed by atoms with Gasteiger partial charge in [-0.2, -0.15) is 0 Å². The lowest BCUT2D eigenvalue weighted by Crippen LogP contribution is -2.57. The Morgan fingerprint density at radius 3 is 2.76 bits per heavy atom. The van der Waals surface area contributed by atoms with Crippen LogP contribution in [0, 0.1) is 10.1 Å². The van der Waals surface area contributed by atoms with Gasteiger partial charge < -0.3 is 29.4 Å². The molecular weight excluding hydrogens is 605 g/mol. The lowest BCUT2D eigenvalue weighted by molar-refractivity contribution is -0.402. The molecule has 0 spiro atoms. The monoisotopic (exact) mass is 637 g/mol. The summed E-state index contributed by atoms with van der Waals surface area (Å²) in [5, 5.41) is 37.0. The number of urea groups is 1. The van der Waals surface area contributed by atoms with Crippen LogP contribution < -0.4 is 10.6 Å². The quantitative estimate of drug-likeness (QED) is 0.0510. The standard InChI is InChI=1S/C23H33ClN5O12P/c1-3-12-37-23(33)26-17-8-11-28(22(32)25-17)21-20(31)19(30)16(41-21)14-39-42(36,27(2)10-5-4-9-24)38-13-15-6-7-18(40-15)29(34)35/h3,6-8,11,16-17,19-21,30-31H,1,4-5,9-10,12-14H2,2H3,(H,25,32)(H,26,33). The van der Waals surface area contributed by atoms with E-state index in [-0.39, 0.29) is 18.9 Å². The summed E-state index contributed by atoms with van der Waals surface area (Å²) in [5.41, 5.74) is 0. The number of unbranched alkanes of at least 4 members (excludes halogenated alkanes) is 1. The van der Waals surface area contributed by atoms with Crippen LogP contribution in [0.2, 0.25) is 0 Å². The highest BCUT2D eigenvalue weighted by molar-refractivity contribution is 7.51. The molecule has 1 aromatic heterocycles. The Bertz CT molecular complexity index is 1180. The molecule has 0 aliphatic carbocycles. The number of nitro groups is 1. The molecule has 0 bridgehead atoms. The van der Waals surface area contributed by atoms with E-state index in [9.17, 15) is 34.5 Å². The number of aliphatic hydroxyl groups excluding tert-OH is 2. The van der Waals surface area contributed by atoms with Crippen LogP contribution in [0.3, 0.4) is 0 Å². The van der Waals surface area contributed by atoms with Crippen LogP contribution in [0.25, 0.3) is 0 Å². The lowest BCUT2D eigenvalue weighted by Gasteiger charge is -2.32. The zero-order chi connectivity index (χ0) is 30.9. The van der Waals surface area contributed by atoms with Crippen molar-refractivity contribution in [2.24, 2.45) is 0 Å². The van der Waals surface area contributed by atoms with Crippen molar-refractivity contribution >= 4 is 37.4 Å². The number of ether oxygens (including phenoxy) is 2. The van der Waals surface area contributed by atoms with Gasteiger partial charge >= 0.3 is 25.8 Å². The van der Waals surface area contributed by atoms with E-state index in [2.05, 4.69) is 17.2 Å². The van der Waals surface area contributed by atoms with Gasteiger partial charge in [0.25, 0.3) is 0 Å². The number of alkyl carbamates (subject to hydrolysis) is 1. The lowest BCUT2D eigenvalue weighted by atomic mass is 10.1. The maximum atomic E-state index is 13.7. The van der Waals surface area contributed by atoms with Gasteiger partial charge in [0, 0.05) is 18.6 Å². The zero-order valence-electron chi connectivity index (χ0n) is 22.6. The number of aliphatic hydroxyl groups is 2. The summed E-state index contributed by atoms with van der Waals surface area (Å²) in [7, 11) is -2.62. The Kier molecular flexibility index (Phi) is 12.3. The third-order valence-electron chi connectivity index (χ3n) is 6.05. The number of hydrogen-bond acceptors (Lipinski definition) is 12. The molecule has 1 saturated heterocycles. The minimum Gasteiger partial charge on any atom is -0.445 e. The number of alkyl halides is 1. The normalized spacial score (nSPS) is 25.2. The van der Waals surface area contributed by atoms with E-state index < -0.39 is 74.6 Å². The SMILES string of the molecule is C=CCOC(=O)NC1C=CN(C2OC(COP(=O)(OCc3ccc([N+](=O)[O-])o3)N(C)CCCCCl)C(O)C2O)C(=O)N1. The maximum Gasteiger partial charge on any atom is 0.433 e. The molecule has 6 atom stereocenters. The fourth-order valence-corrected chi connectivity index (χ4v) is 5.50. The molecule has 1 aromatic rings. The van der Waals surface area contributed by atoms with Crippen LogP contribution in [0.15, 0.2) is 41.5 Å². The van der Waals surface area contributed by atoms with Crippen molar-refractivity contribution in [1.82, 2.24) is 20.2 Å². The van der Waals surface area contributed by atoms with E-state index in [0.29, 0.717) is 18.7 Å². The van der Waals surface area contributed by atoms with Crippen molar-refractivity contribution in [3.8, 4) is 0 Å². The van der Waals surface area contributed by atoms with Crippen molar-refractivity contribution in [3.05, 3.63) is 52.9 Å². The van der Waals surface area contributed by atoms with E-state index in [0.717, 1.165) is 11.0 Å². The molecule has 3 rings (SSSR count). The summed E-state index contributed by atoms with van der Waals surface area (Å²) in [6.45, 7) is 2.69. The molecule has 3 amide bonds. The molecule has 0 aromatic carbocycles. The van der Waals surface area contributed by atoms with Crippen LogP contribution >= 0.6 is 19.3 Å². The topological polar surface area (TPSA) is 215 Å². The number of halogens is 1. The first kappa shape index (κ1) is 33.5. The molecule has 3 heterocycles. The second kappa shape index (κ2) is 15.5. The third-order valence-corrected chi connectivity index (χ3v) is 8.29. The molecule has 0 radical (unpaired) electrons. The molecule has 17 nitrogen and oxygen atoms in total. The van der Waals surface area contributed by atoms with Crippen LogP contribution in [-0.2, 0) is 29.7 Å². The second-order valence-electron chi connectivity index (χ2n) is 9.07. The first-order valence-electron chi connectivity index (χ1n) is 12.7. The van der Waals surface area contributed by atoms with Gasteiger partial charge in [0.2, 0.25) is 0 Å². The number of carbonyl (C=O) groups is 2. The molecule has 2 aliphatic rings. The van der Waals surface area contributed by atoms with Crippen molar-refractivity contribution in [3.63, 3.8) is 0 Å². The van der Waals surface area contributed by atoms with E-state index in [1.54, 1.807) is 0 Å². The minimum absolute atomic E-state index is 0.0250. The van der Waals surface area contributed by atoms with E-state index >= 15 is 0 Å². The summed E-state index contributed by atoms with van der Waals surface area (Å²) in [4.78, 5) is 35.5. The minimum atomic E-state index is -4.10. The van der Waals surface area contributed by atoms with Crippen LogP contribution in [-0.4, -0.2) is 100 Å². The molecule has 6 unspecified atom stereocenters. The van der Waals surface area contributed by atoms with Gasteiger partial charge in [0.05, 0.1) is 12.7 Å². The van der Waals surface area contributed by atoms with Crippen molar-refractivity contribution in [2.75, 3.05) is 32.7 Å². The highest BCUT2D eigenvalue weighted by Gasteiger charge is 2.48. The van der Waals surface area contributed by atoms with E-state index in [4.69, 9.17) is 34.5 Å². The van der Waals surface area contributed by atoms with Gasteiger partial charge in [-0.05, 0) is 32.0 Å². The summed E-state index contributed by atoms with van der Waals surface area (Å²) in [5.74, 6) is -0.115. The number of hydrogen-bond donors (Lipinski definition) is 4. The molecule has 4 N–H and O–H groups in total. The number of rotatable bonds is 16. The van der Waals surface area contributed by atoms with Crippen molar-refractivity contribution < 1.29 is 52.2 Å². The number of amides is 3. The number of nitrogens with one attached hydrogen (secondary N) is 2. The Hall–Kier alpha value is -3.02. The van der Waals surface area contributed by atoms with Crippen molar-refractivity contribution in [1.29, 1.82) is 0 Å². The van der Waals surface area contributed by atoms with Gasteiger partial charge in [0.15, 0.2) is 6.23 Å². The van der Waals surface area contributed by atoms with Gasteiger partial charge in [-0.1, -0.05) is 12.7 Å². The zero-order valence-corrected chi connectivity index (χ0v) is 24.2. The smallest absolute Gasteiger partial charge is 0.433 e. The first-order chi connectivity index (χ1) is 20.0. The van der Waals surface area contributed by atoms with E-state index in [1.165, 1.54) is 36.1 Å². The molecule has 0 saturated carbocycles. The highest BCUT2D eigenvalue weighted by Crippen LogP contribution is 2.52. The first-order valence-corrected chi connectivity index (χ1v) is 14.7. The van der Waals surface area contributed by atoms with Crippen LogP contribution in [0.1, 0.15) is 18.6 Å². The fourth-order valence-electron chi connectivity index (χ4n) is 3.83. The third kappa shape index (κ3) is 8.75. The predicted octanol–water partition coefficient (Wildman–Crippen LogP) is 2.00. The van der Waals surface area contributed by atoms with Gasteiger partial charge in [-0.3, -0.25) is 29.4 Å². The molecule has 1 fully saturated rings. The van der Waals surface area contributed by atoms with Crippen molar-refractivity contribution in [2.45, 2.75) is 50.2 Å². The van der Waals surface area contributed by atoms with Crippen LogP contribution in [0.4, 0.5) is 15.5 Å². The molecule has 42 heavy (non-hydrogen) atoms. The largest absolute Gasteiger partial charge is 0.445 e. The Morgan fingerprint density at radius 2 is 2.12 bits per heavy atom. The fraction of sp³-hybridized carbons (Fsp3) is 0.565. The average molecular weight is 638 g/mol. The Balaban J connectivity index is 1.64. The van der Waals surface area contributed by atoms with Gasteiger partial charge in [-0.25, -0.2) is 18.8 Å². The number of carbonyl (C=O) groups excluding carboxylic acids is 2. The van der Waals surface area contributed by atoms with Crippen LogP contribution in [0.5, 0.6) is 0 Å². The summed E-state index contributed by atoms with van der Waals surface area (Å²) in [6.07, 6.45) is -2.27. The van der Waals surface area contributed by atoms with Gasteiger partial charge in [-0.15, -0.1) is 11.6 Å². The predicted molar refractivity (Wildman–Crippen MR) is 145 cm³/mol. The summed E-state index contributed by atoms with van der Waals surface area (Å²) in [6, 6.07) is 1.66. The summed E-state index contributed by atoms with van der Waals surface area (Å²) < 4.78 is 41.7. The maximum absolute atomic E-state index is 13.7. The van der Waals surface area contributed by atoms with Gasteiger partial charge in [0.1, 0.15) is 48.4 Å². The highest BCUT2D eigenvalue weighted by atomic mass is 35.5. The summed E-state index contributed by atoms with van der Waals surface area (Å²) >= 11 is 5.73.